The first-order valence-electron chi connectivity index (χ1n) is 10.4. The maximum Gasteiger partial charge on any atom is 0.182 e. The molecule has 7 nitrogen and oxygen atoms in total. The second kappa shape index (κ2) is 8.11. The lowest BCUT2D eigenvalue weighted by molar-refractivity contribution is -0.109. The number of carbonyl (C=O) groups excluding carboxylic acids is 1. The van der Waals surface area contributed by atoms with Crippen LogP contribution in [0, 0.1) is 0 Å². The van der Waals surface area contributed by atoms with E-state index in [-0.39, 0.29) is 6.04 Å². The molecule has 0 radical (unpaired) electrons. The van der Waals surface area contributed by atoms with Crippen molar-refractivity contribution in [1.29, 1.82) is 0 Å². The molecule has 1 unspecified atom stereocenters. The molecule has 0 bridgehead atoms. The van der Waals surface area contributed by atoms with Crippen LogP contribution >= 0.6 is 0 Å². The molecular weight excluding hydrogens is 400 g/mol. The zero-order chi connectivity index (χ0) is 22.1. The summed E-state index contributed by atoms with van der Waals surface area (Å²) in [6, 6.07) is 15.3. The Bertz CT molecular complexity index is 1330. The molecule has 0 fully saturated rings. The van der Waals surface area contributed by atoms with Crippen molar-refractivity contribution in [1.82, 2.24) is 19.9 Å². The molecule has 1 aliphatic heterocycles. The summed E-state index contributed by atoms with van der Waals surface area (Å²) < 4.78 is 0. The van der Waals surface area contributed by atoms with Gasteiger partial charge in [0.1, 0.15) is 24.2 Å². The number of benzene rings is 2. The van der Waals surface area contributed by atoms with Gasteiger partial charge < -0.3 is 20.0 Å². The average molecular weight is 422 g/mol. The molecule has 7 heteroatoms. The maximum absolute atomic E-state index is 12.5. The van der Waals surface area contributed by atoms with Gasteiger partial charge in [0.2, 0.25) is 0 Å². The SMILES string of the molecule is C=Cc1cccc2c1[C@@H](C=O)N(c1ccccc1)C(C(C)Nc1ncnc3nc[nH]c13)=C2. The van der Waals surface area contributed by atoms with E-state index < -0.39 is 6.04 Å². The fourth-order valence-corrected chi connectivity index (χ4v) is 4.28. The standard InChI is InChI=1S/C25H22N6O/c1-3-17-8-7-9-18-12-20(16(2)30-25-23-24(27-14-26-23)28-15-29-25)31(21(13-32)22(17)18)19-10-5-4-6-11-19/h3-16,21H,1H2,2H3,(H2,26,27,28,29,30)/t16?,21-/m1/s1. The van der Waals surface area contributed by atoms with Gasteiger partial charge in [0.25, 0.3) is 0 Å². The largest absolute Gasteiger partial charge is 0.360 e. The number of hydrogen-bond acceptors (Lipinski definition) is 6. The second-order valence-electron chi connectivity index (χ2n) is 7.60. The molecule has 0 saturated carbocycles. The Balaban J connectivity index is 1.64. The molecule has 2 N–H and O–H groups in total. The average Bonchev–Trinajstić information content (AvgIpc) is 3.33. The van der Waals surface area contributed by atoms with E-state index in [1.165, 1.54) is 6.33 Å². The quantitative estimate of drug-likeness (QED) is 0.442. The molecule has 158 valence electrons. The van der Waals surface area contributed by atoms with Crippen LogP contribution in [0.25, 0.3) is 23.3 Å². The lowest BCUT2D eigenvalue weighted by Crippen LogP contribution is -2.39. The van der Waals surface area contributed by atoms with E-state index in [1.807, 2.05) is 48.5 Å². The number of H-pyrrole nitrogens is 1. The van der Waals surface area contributed by atoms with Gasteiger partial charge in [0.15, 0.2) is 11.5 Å². The third-order valence-electron chi connectivity index (χ3n) is 5.73. The number of anilines is 2. The lowest BCUT2D eigenvalue weighted by Gasteiger charge is -2.40. The van der Waals surface area contributed by atoms with Gasteiger partial charge in [-0.05, 0) is 41.8 Å². The van der Waals surface area contributed by atoms with E-state index >= 15 is 0 Å². The fourth-order valence-electron chi connectivity index (χ4n) is 4.28. The first-order chi connectivity index (χ1) is 15.7. The number of aromatic nitrogens is 4. The zero-order valence-corrected chi connectivity index (χ0v) is 17.6. The van der Waals surface area contributed by atoms with Crippen molar-refractivity contribution in [3.8, 4) is 0 Å². The summed E-state index contributed by atoms with van der Waals surface area (Å²) in [5.41, 5.74) is 6.13. The molecule has 2 aromatic carbocycles. The highest BCUT2D eigenvalue weighted by Crippen LogP contribution is 2.40. The number of nitrogens with one attached hydrogen (secondary N) is 2. The van der Waals surface area contributed by atoms with Gasteiger partial charge in [-0.3, -0.25) is 0 Å². The number of hydrogen-bond donors (Lipinski definition) is 2. The van der Waals surface area contributed by atoms with Crippen LogP contribution in [-0.2, 0) is 4.79 Å². The van der Waals surface area contributed by atoms with Gasteiger partial charge in [-0.2, -0.15) is 0 Å². The number of aldehydes is 1. The number of imidazole rings is 1. The Morgan fingerprint density at radius 1 is 1.12 bits per heavy atom. The van der Waals surface area contributed by atoms with E-state index in [4.69, 9.17) is 0 Å². The van der Waals surface area contributed by atoms with Crippen molar-refractivity contribution in [2.45, 2.75) is 19.0 Å². The summed E-state index contributed by atoms with van der Waals surface area (Å²) in [7, 11) is 0. The zero-order valence-electron chi connectivity index (χ0n) is 17.6. The Labute approximate surface area is 185 Å². The van der Waals surface area contributed by atoms with Crippen LogP contribution < -0.4 is 10.2 Å². The summed E-state index contributed by atoms with van der Waals surface area (Å²) in [4.78, 5) is 30.4. The van der Waals surface area contributed by atoms with Crippen molar-refractivity contribution < 1.29 is 4.79 Å². The predicted molar refractivity (Wildman–Crippen MR) is 127 cm³/mol. The second-order valence-corrected chi connectivity index (χ2v) is 7.60. The van der Waals surface area contributed by atoms with Crippen LogP contribution in [0.5, 0.6) is 0 Å². The van der Waals surface area contributed by atoms with Crippen LogP contribution in [0.1, 0.15) is 29.7 Å². The van der Waals surface area contributed by atoms with Gasteiger partial charge >= 0.3 is 0 Å². The van der Waals surface area contributed by atoms with Crippen molar-refractivity contribution in [3.63, 3.8) is 0 Å². The minimum absolute atomic E-state index is 0.167. The summed E-state index contributed by atoms with van der Waals surface area (Å²) >= 11 is 0. The van der Waals surface area contributed by atoms with Gasteiger partial charge in [-0.1, -0.05) is 49.1 Å². The first-order valence-corrected chi connectivity index (χ1v) is 10.4. The number of fused-ring (bicyclic) bond motifs is 2. The maximum atomic E-state index is 12.5. The smallest absolute Gasteiger partial charge is 0.182 e. The molecular formula is C25H22N6O. The van der Waals surface area contributed by atoms with Gasteiger partial charge in [-0.25, -0.2) is 15.0 Å². The summed E-state index contributed by atoms with van der Waals surface area (Å²) in [5.74, 6) is 0.655. The van der Waals surface area contributed by atoms with Gasteiger partial charge in [0, 0.05) is 11.4 Å². The molecule has 0 spiro atoms. The summed E-state index contributed by atoms with van der Waals surface area (Å²) in [6.45, 7) is 6.00. The predicted octanol–water partition coefficient (Wildman–Crippen LogP) is 4.60. The Morgan fingerprint density at radius 2 is 1.97 bits per heavy atom. The molecule has 0 amide bonds. The normalized spacial score (nSPS) is 16.2. The minimum Gasteiger partial charge on any atom is -0.360 e. The molecule has 5 rings (SSSR count). The van der Waals surface area contributed by atoms with E-state index in [0.717, 1.165) is 39.9 Å². The third-order valence-corrected chi connectivity index (χ3v) is 5.73. The highest BCUT2D eigenvalue weighted by Gasteiger charge is 2.33. The molecule has 2 aromatic heterocycles. The lowest BCUT2D eigenvalue weighted by atomic mass is 9.88. The number of aromatic amines is 1. The Kier molecular flexibility index (Phi) is 4.99. The van der Waals surface area contributed by atoms with Crippen LogP contribution in [0.2, 0.25) is 0 Å². The van der Waals surface area contributed by atoms with Crippen molar-refractivity contribution in [3.05, 3.63) is 90.2 Å². The van der Waals surface area contributed by atoms with E-state index in [2.05, 4.69) is 49.7 Å². The van der Waals surface area contributed by atoms with E-state index in [1.54, 1.807) is 12.4 Å². The van der Waals surface area contributed by atoms with Gasteiger partial charge in [-0.15, -0.1) is 0 Å². The fraction of sp³-hybridized carbons (Fsp3) is 0.120. The van der Waals surface area contributed by atoms with Crippen molar-refractivity contribution in [2.75, 3.05) is 10.2 Å². The van der Waals surface area contributed by atoms with E-state index in [9.17, 15) is 4.79 Å². The summed E-state index contributed by atoms with van der Waals surface area (Å²) in [6.07, 6.45) is 8.01. The van der Waals surface area contributed by atoms with Crippen LogP contribution in [0.4, 0.5) is 11.5 Å². The topological polar surface area (TPSA) is 86.8 Å². The summed E-state index contributed by atoms with van der Waals surface area (Å²) in [5, 5.41) is 3.48. The Morgan fingerprint density at radius 3 is 2.75 bits per heavy atom. The van der Waals surface area contributed by atoms with Crippen molar-refractivity contribution in [2.24, 2.45) is 0 Å². The number of para-hydroxylation sites is 1. The first kappa shape index (κ1) is 19.7. The van der Waals surface area contributed by atoms with Crippen LogP contribution in [0.15, 0.2) is 73.5 Å². The highest BCUT2D eigenvalue weighted by atomic mass is 16.1. The molecule has 2 atom stereocenters. The molecule has 0 saturated heterocycles. The van der Waals surface area contributed by atoms with E-state index in [0.29, 0.717) is 11.5 Å². The number of carbonyl (C=O) groups is 1. The molecule has 0 aliphatic carbocycles. The molecule has 32 heavy (non-hydrogen) atoms. The monoisotopic (exact) mass is 422 g/mol. The molecule has 3 heterocycles. The number of nitrogens with zero attached hydrogens (tertiary/aromatic N) is 4. The number of rotatable bonds is 6. The third kappa shape index (κ3) is 3.24. The van der Waals surface area contributed by atoms with Gasteiger partial charge in [0.05, 0.1) is 12.4 Å². The van der Waals surface area contributed by atoms with Crippen molar-refractivity contribution >= 4 is 41.1 Å². The molecule has 1 aliphatic rings. The van der Waals surface area contributed by atoms with Crippen LogP contribution in [-0.4, -0.2) is 32.3 Å². The van der Waals surface area contributed by atoms with Crippen LogP contribution in [0.3, 0.4) is 0 Å². The Hall–Kier alpha value is -4.26. The molecule has 4 aromatic rings. The highest BCUT2D eigenvalue weighted by molar-refractivity contribution is 5.85. The minimum atomic E-state index is -0.483.